The van der Waals surface area contributed by atoms with Gasteiger partial charge in [0.2, 0.25) is 0 Å². The van der Waals surface area contributed by atoms with E-state index < -0.39 is 3.79 Å². The first-order chi connectivity index (χ1) is 10.5. The summed E-state index contributed by atoms with van der Waals surface area (Å²) < 4.78 is -1.05. The largest absolute Gasteiger partial charge is 0.193 e. The molecule has 0 aliphatic heterocycles. The topological polar surface area (TPSA) is 0 Å². The van der Waals surface area contributed by atoms with Crippen molar-refractivity contribution in [2.75, 3.05) is 0 Å². The average Bonchev–Trinajstić information content (AvgIpc) is 2.51. The summed E-state index contributed by atoms with van der Waals surface area (Å²) in [7, 11) is 0. The van der Waals surface area contributed by atoms with Crippen molar-refractivity contribution in [3.05, 3.63) is 24.8 Å². The van der Waals surface area contributed by atoms with Crippen molar-refractivity contribution < 1.29 is 0 Å². The highest BCUT2D eigenvalue weighted by molar-refractivity contribution is 6.67. The molecule has 2 rings (SSSR count). The molecule has 22 heavy (non-hydrogen) atoms. The van der Waals surface area contributed by atoms with E-state index in [1.54, 1.807) is 0 Å². The van der Waals surface area contributed by atoms with Gasteiger partial charge in [-0.2, -0.15) is 0 Å². The Morgan fingerprint density at radius 1 is 0.864 bits per heavy atom. The summed E-state index contributed by atoms with van der Waals surface area (Å²) in [5.74, 6) is 3.01. The summed E-state index contributed by atoms with van der Waals surface area (Å²) in [5, 5.41) is 0. The number of allylic oxidation sites excluding steroid dienone is 3. The van der Waals surface area contributed by atoms with E-state index in [1.807, 2.05) is 6.08 Å². The Morgan fingerprint density at radius 3 is 1.91 bits per heavy atom. The zero-order chi connectivity index (χ0) is 16.0. The van der Waals surface area contributed by atoms with Crippen LogP contribution in [0, 0.1) is 23.7 Å². The van der Waals surface area contributed by atoms with Crippen molar-refractivity contribution in [2.45, 2.75) is 68.0 Å². The Bertz CT molecular complexity index is 353. The van der Waals surface area contributed by atoms with E-state index in [9.17, 15) is 0 Å². The first kappa shape index (κ1) is 18.7. The van der Waals surface area contributed by atoms with Crippen molar-refractivity contribution in [1.82, 2.24) is 0 Å². The van der Waals surface area contributed by atoms with E-state index in [0.29, 0.717) is 0 Å². The van der Waals surface area contributed by atoms with Gasteiger partial charge in [-0.25, -0.2) is 0 Å². The van der Waals surface area contributed by atoms with Gasteiger partial charge in [-0.1, -0.05) is 72.5 Å². The Hall–Kier alpha value is 0.350. The van der Waals surface area contributed by atoms with Crippen molar-refractivity contribution in [3.8, 4) is 0 Å². The van der Waals surface area contributed by atoms with Crippen molar-refractivity contribution in [2.24, 2.45) is 23.7 Å². The molecule has 0 unspecified atom stereocenters. The van der Waals surface area contributed by atoms with E-state index in [-0.39, 0.29) is 5.92 Å². The molecule has 0 saturated heterocycles. The summed E-state index contributed by atoms with van der Waals surface area (Å²) >= 11 is 18.2. The number of hydrogen-bond acceptors (Lipinski definition) is 0. The number of hydrogen-bond donors (Lipinski definition) is 0. The highest BCUT2D eigenvalue weighted by Gasteiger charge is 2.38. The third-order valence-corrected chi connectivity index (χ3v) is 6.73. The van der Waals surface area contributed by atoms with Gasteiger partial charge < -0.3 is 0 Å². The molecule has 2 aliphatic carbocycles. The van der Waals surface area contributed by atoms with Crippen LogP contribution in [0.2, 0.25) is 0 Å². The third-order valence-electron chi connectivity index (χ3n) is 5.81. The van der Waals surface area contributed by atoms with E-state index in [2.05, 4.69) is 18.7 Å². The third kappa shape index (κ3) is 5.77. The van der Waals surface area contributed by atoms with Gasteiger partial charge >= 0.3 is 0 Å². The van der Waals surface area contributed by atoms with Crippen LogP contribution in [0.1, 0.15) is 64.2 Å². The zero-order valence-corrected chi connectivity index (χ0v) is 15.7. The Balaban J connectivity index is 1.67. The van der Waals surface area contributed by atoms with E-state index in [1.165, 1.54) is 51.4 Å². The predicted octanol–water partition coefficient (Wildman–Crippen LogP) is 7.49. The van der Waals surface area contributed by atoms with Crippen molar-refractivity contribution in [3.63, 3.8) is 0 Å². The van der Waals surface area contributed by atoms with Crippen LogP contribution in [0.5, 0.6) is 0 Å². The second-order valence-corrected chi connectivity index (χ2v) is 9.54. The molecule has 0 atom stereocenters. The Kier molecular flexibility index (Phi) is 7.64. The number of alkyl halides is 3. The molecule has 0 spiro atoms. The molecule has 0 aromatic heterocycles. The molecule has 2 fully saturated rings. The first-order valence-corrected chi connectivity index (χ1v) is 9.98. The highest BCUT2D eigenvalue weighted by atomic mass is 35.6. The lowest BCUT2D eigenvalue weighted by molar-refractivity contribution is 0.145. The highest BCUT2D eigenvalue weighted by Crippen LogP contribution is 2.48. The minimum atomic E-state index is -1.05. The molecular weight excluding hydrogens is 335 g/mol. The second kappa shape index (κ2) is 9.00. The Labute approximate surface area is 151 Å². The molecule has 2 aliphatic rings. The molecule has 0 radical (unpaired) electrons. The van der Waals surface area contributed by atoms with Gasteiger partial charge in [0.15, 0.2) is 3.79 Å². The van der Waals surface area contributed by atoms with Gasteiger partial charge in [0.05, 0.1) is 0 Å². The maximum Gasteiger partial charge on any atom is 0.193 e. The zero-order valence-electron chi connectivity index (χ0n) is 13.5. The molecule has 0 heterocycles. The van der Waals surface area contributed by atoms with Crippen LogP contribution >= 0.6 is 34.8 Å². The lowest BCUT2D eigenvalue weighted by atomic mass is 9.69. The lowest BCUT2D eigenvalue weighted by Crippen LogP contribution is -2.30. The fraction of sp³-hybridized carbons (Fsp3) is 0.789. The maximum absolute atomic E-state index is 6.05. The molecule has 0 aromatic rings. The molecule has 0 N–H and O–H groups in total. The van der Waals surface area contributed by atoms with Gasteiger partial charge in [0.25, 0.3) is 0 Å². The van der Waals surface area contributed by atoms with Crippen LogP contribution in [0.4, 0.5) is 0 Å². The predicted molar refractivity (Wildman–Crippen MR) is 99.8 cm³/mol. The average molecular weight is 364 g/mol. The van der Waals surface area contributed by atoms with Crippen LogP contribution in [0.25, 0.3) is 0 Å². The summed E-state index contributed by atoms with van der Waals surface area (Å²) in [6, 6.07) is 0. The molecule has 0 nitrogen and oxygen atoms in total. The second-order valence-electron chi connectivity index (χ2n) is 7.18. The first-order valence-electron chi connectivity index (χ1n) is 8.85. The summed E-state index contributed by atoms with van der Waals surface area (Å²) in [4.78, 5) is 0. The quantitative estimate of drug-likeness (QED) is 0.350. The van der Waals surface area contributed by atoms with E-state index in [4.69, 9.17) is 34.8 Å². The summed E-state index contributed by atoms with van der Waals surface area (Å²) in [5.41, 5.74) is 0. The summed E-state index contributed by atoms with van der Waals surface area (Å²) in [6.07, 6.45) is 19.1. The number of halogens is 3. The molecule has 0 aromatic carbocycles. The fourth-order valence-corrected chi connectivity index (χ4v) is 5.05. The van der Waals surface area contributed by atoms with Crippen molar-refractivity contribution in [1.29, 1.82) is 0 Å². The van der Waals surface area contributed by atoms with Gasteiger partial charge in [-0.15, -0.1) is 0 Å². The fourth-order valence-electron chi connectivity index (χ4n) is 4.39. The normalized spacial score (nSPS) is 34.0. The molecule has 0 amide bonds. The van der Waals surface area contributed by atoms with Gasteiger partial charge in [-0.3, -0.25) is 0 Å². The van der Waals surface area contributed by atoms with Crippen LogP contribution < -0.4 is 0 Å². The molecule has 3 heteroatoms. The SMILES string of the molecule is C=CC=CCCC1CCC(C2CCC(C(Cl)(Cl)Cl)CC2)CC1. The maximum atomic E-state index is 6.05. The minimum Gasteiger partial charge on any atom is -0.0991 e. The van der Waals surface area contributed by atoms with Crippen LogP contribution in [0.15, 0.2) is 24.8 Å². The summed E-state index contributed by atoms with van der Waals surface area (Å²) in [6.45, 7) is 3.72. The van der Waals surface area contributed by atoms with Crippen LogP contribution in [-0.4, -0.2) is 3.79 Å². The van der Waals surface area contributed by atoms with E-state index in [0.717, 1.165) is 30.6 Å². The monoisotopic (exact) mass is 362 g/mol. The molecular formula is C19H29Cl3. The molecule has 2 saturated carbocycles. The van der Waals surface area contributed by atoms with Gasteiger partial charge in [0, 0.05) is 5.92 Å². The molecule has 126 valence electrons. The Morgan fingerprint density at radius 2 is 1.41 bits per heavy atom. The van der Waals surface area contributed by atoms with Crippen LogP contribution in [0.3, 0.4) is 0 Å². The van der Waals surface area contributed by atoms with Gasteiger partial charge in [-0.05, 0) is 69.1 Å². The van der Waals surface area contributed by atoms with Crippen molar-refractivity contribution >= 4 is 34.8 Å². The minimum absolute atomic E-state index is 0.265. The van der Waals surface area contributed by atoms with Gasteiger partial charge in [0.1, 0.15) is 0 Å². The lowest BCUT2D eigenvalue weighted by Gasteiger charge is -2.39. The van der Waals surface area contributed by atoms with Crippen LogP contribution in [-0.2, 0) is 0 Å². The van der Waals surface area contributed by atoms with E-state index >= 15 is 0 Å². The smallest absolute Gasteiger partial charge is 0.0991 e. The standard InChI is InChI=1S/C19H29Cl3/c1-2-3-4-5-6-15-7-9-16(10-8-15)17-11-13-18(14-12-17)19(20,21)22/h2-4,15-18H,1,5-14H2. The number of rotatable bonds is 5. The molecule has 0 bridgehead atoms.